The summed E-state index contributed by atoms with van der Waals surface area (Å²) in [5, 5.41) is 14.1. The number of aromatic nitrogens is 1. The van der Waals surface area contributed by atoms with Gasteiger partial charge in [-0.3, -0.25) is 10.1 Å². The van der Waals surface area contributed by atoms with Gasteiger partial charge in [0, 0.05) is 12.6 Å². The number of hydrogen-bond acceptors (Lipinski definition) is 6. The van der Waals surface area contributed by atoms with Gasteiger partial charge in [-0.05, 0) is 30.2 Å². The molecule has 1 aromatic heterocycles. The highest BCUT2D eigenvalue weighted by atomic mass is 35.5. The fraction of sp³-hybridized carbons (Fsp3) is 0.267. The van der Waals surface area contributed by atoms with Crippen LogP contribution in [0.1, 0.15) is 5.56 Å². The standard InChI is InChI=1S/C15H16ClN3O4/c1-22-12-5-3-10(9-13(12)23-2)7-8-17-15-11(19(20)21)4-6-14(16)18-15/h3-6,9H,7-8H2,1-2H3,(H,17,18). The number of methoxy groups -OCH3 is 2. The third-order valence-electron chi connectivity index (χ3n) is 3.19. The minimum atomic E-state index is -0.498. The molecule has 2 aromatic rings. The lowest BCUT2D eigenvalue weighted by Gasteiger charge is -2.10. The van der Waals surface area contributed by atoms with E-state index in [0.29, 0.717) is 24.5 Å². The summed E-state index contributed by atoms with van der Waals surface area (Å²) >= 11 is 5.79. The van der Waals surface area contributed by atoms with Crippen LogP contribution in [-0.2, 0) is 6.42 Å². The second-order valence-corrected chi connectivity index (χ2v) is 5.01. The summed E-state index contributed by atoms with van der Waals surface area (Å²) in [6.07, 6.45) is 0.631. The van der Waals surface area contributed by atoms with Crippen LogP contribution in [0.25, 0.3) is 0 Å². The van der Waals surface area contributed by atoms with Crippen LogP contribution < -0.4 is 14.8 Å². The quantitative estimate of drug-likeness (QED) is 0.474. The largest absolute Gasteiger partial charge is 0.493 e. The van der Waals surface area contributed by atoms with Gasteiger partial charge in [0.15, 0.2) is 11.5 Å². The van der Waals surface area contributed by atoms with Gasteiger partial charge in [0.05, 0.1) is 19.1 Å². The maximum Gasteiger partial charge on any atom is 0.311 e. The van der Waals surface area contributed by atoms with E-state index >= 15 is 0 Å². The van der Waals surface area contributed by atoms with Gasteiger partial charge in [-0.25, -0.2) is 4.98 Å². The fourth-order valence-corrected chi connectivity index (χ4v) is 2.21. The SMILES string of the molecule is COc1ccc(CCNc2nc(Cl)ccc2[N+](=O)[O-])cc1OC. The number of hydrogen-bond donors (Lipinski definition) is 1. The third-order valence-corrected chi connectivity index (χ3v) is 3.40. The van der Waals surface area contributed by atoms with Crippen LogP contribution in [0.3, 0.4) is 0 Å². The van der Waals surface area contributed by atoms with Crippen molar-refractivity contribution in [3.63, 3.8) is 0 Å². The third kappa shape index (κ3) is 4.23. The molecule has 0 aliphatic rings. The summed E-state index contributed by atoms with van der Waals surface area (Å²) in [6, 6.07) is 8.30. The van der Waals surface area contributed by atoms with Crippen LogP contribution in [0, 0.1) is 10.1 Å². The minimum Gasteiger partial charge on any atom is -0.493 e. The van der Waals surface area contributed by atoms with Crippen LogP contribution in [0.2, 0.25) is 5.15 Å². The van der Waals surface area contributed by atoms with Crippen LogP contribution >= 0.6 is 11.6 Å². The molecule has 8 heteroatoms. The van der Waals surface area contributed by atoms with E-state index in [1.54, 1.807) is 14.2 Å². The van der Waals surface area contributed by atoms with E-state index in [-0.39, 0.29) is 16.7 Å². The monoisotopic (exact) mass is 337 g/mol. The molecule has 1 heterocycles. The predicted molar refractivity (Wildman–Crippen MR) is 87.6 cm³/mol. The van der Waals surface area contributed by atoms with E-state index in [0.717, 1.165) is 5.56 Å². The number of nitrogens with one attached hydrogen (secondary N) is 1. The summed E-state index contributed by atoms with van der Waals surface area (Å²) in [6.45, 7) is 0.462. The van der Waals surface area contributed by atoms with Crippen molar-refractivity contribution < 1.29 is 14.4 Å². The Morgan fingerprint density at radius 1 is 1.22 bits per heavy atom. The molecule has 0 aliphatic carbocycles. The van der Waals surface area contributed by atoms with Crippen molar-refractivity contribution in [3.05, 3.63) is 51.2 Å². The van der Waals surface area contributed by atoms with Crippen LogP contribution in [0.5, 0.6) is 11.5 Å². The van der Waals surface area contributed by atoms with Crippen molar-refractivity contribution in [3.8, 4) is 11.5 Å². The number of anilines is 1. The summed E-state index contributed by atoms with van der Waals surface area (Å²) in [7, 11) is 3.14. The minimum absolute atomic E-state index is 0.110. The van der Waals surface area contributed by atoms with E-state index in [4.69, 9.17) is 21.1 Å². The summed E-state index contributed by atoms with van der Waals surface area (Å²) < 4.78 is 10.4. The van der Waals surface area contributed by atoms with E-state index in [2.05, 4.69) is 10.3 Å². The second-order valence-electron chi connectivity index (χ2n) is 4.62. The van der Waals surface area contributed by atoms with Gasteiger partial charge in [-0.15, -0.1) is 0 Å². The molecule has 0 saturated carbocycles. The van der Waals surface area contributed by atoms with Crippen molar-refractivity contribution in [2.45, 2.75) is 6.42 Å². The van der Waals surface area contributed by atoms with Gasteiger partial charge < -0.3 is 14.8 Å². The topological polar surface area (TPSA) is 86.5 Å². The maximum atomic E-state index is 11.0. The zero-order valence-corrected chi connectivity index (χ0v) is 13.5. The predicted octanol–water partition coefficient (Wildman–Crippen LogP) is 3.32. The molecule has 0 fully saturated rings. The van der Waals surface area contributed by atoms with Gasteiger partial charge in [-0.2, -0.15) is 0 Å². The van der Waals surface area contributed by atoms with Gasteiger partial charge in [0.2, 0.25) is 5.82 Å². The Labute approximate surface area is 138 Å². The number of rotatable bonds is 7. The van der Waals surface area contributed by atoms with Gasteiger partial charge >= 0.3 is 5.69 Å². The number of benzene rings is 1. The Morgan fingerprint density at radius 2 is 1.96 bits per heavy atom. The molecule has 23 heavy (non-hydrogen) atoms. The highest BCUT2D eigenvalue weighted by Crippen LogP contribution is 2.28. The maximum absolute atomic E-state index is 11.0. The molecular weight excluding hydrogens is 322 g/mol. The molecule has 0 amide bonds. The molecule has 1 aromatic carbocycles. The molecule has 2 rings (SSSR count). The normalized spacial score (nSPS) is 10.2. The van der Waals surface area contributed by atoms with Crippen molar-refractivity contribution in [1.82, 2.24) is 4.98 Å². The Kier molecular flexibility index (Phi) is 5.59. The number of nitrogens with zero attached hydrogens (tertiary/aromatic N) is 2. The van der Waals surface area contributed by atoms with Crippen molar-refractivity contribution in [2.24, 2.45) is 0 Å². The molecule has 0 radical (unpaired) electrons. The zero-order valence-electron chi connectivity index (χ0n) is 12.7. The van der Waals surface area contributed by atoms with Gasteiger partial charge in [-0.1, -0.05) is 17.7 Å². The Morgan fingerprint density at radius 3 is 2.61 bits per heavy atom. The Balaban J connectivity index is 2.05. The van der Waals surface area contributed by atoms with Crippen molar-refractivity contribution >= 4 is 23.1 Å². The fourth-order valence-electron chi connectivity index (χ4n) is 2.07. The molecule has 122 valence electrons. The molecule has 0 bridgehead atoms. The average molecular weight is 338 g/mol. The van der Waals surface area contributed by atoms with E-state index in [9.17, 15) is 10.1 Å². The first-order valence-corrected chi connectivity index (χ1v) is 7.18. The lowest BCUT2D eigenvalue weighted by atomic mass is 10.1. The highest BCUT2D eigenvalue weighted by Gasteiger charge is 2.15. The van der Waals surface area contributed by atoms with Crippen LogP contribution in [0.4, 0.5) is 11.5 Å². The molecule has 7 nitrogen and oxygen atoms in total. The first-order valence-electron chi connectivity index (χ1n) is 6.81. The zero-order chi connectivity index (χ0) is 16.8. The average Bonchev–Trinajstić information content (AvgIpc) is 2.54. The molecule has 0 saturated heterocycles. The Bertz CT molecular complexity index is 709. The summed E-state index contributed by atoms with van der Waals surface area (Å²) in [5.74, 6) is 1.44. The molecule has 0 atom stereocenters. The van der Waals surface area contributed by atoms with E-state index in [1.807, 2.05) is 18.2 Å². The number of pyridine rings is 1. The molecular formula is C15H16ClN3O4. The molecule has 0 spiro atoms. The van der Waals surface area contributed by atoms with Gasteiger partial charge in [0.1, 0.15) is 5.15 Å². The smallest absolute Gasteiger partial charge is 0.311 e. The molecule has 1 N–H and O–H groups in total. The van der Waals surface area contributed by atoms with Gasteiger partial charge in [0.25, 0.3) is 0 Å². The summed E-state index contributed by atoms with van der Waals surface area (Å²) in [4.78, 5) is 14.4. The second kappa shape index (κ2) is 7.64. The Hall–Kier alpha value is -2.54. The molecule has 0 unspecified atom stereocenters. The lowest BCUT2D eigenvalue weighted by Crippen LogP contribution is -2.08. The van der Waals surface area contributed by atoms with Crippen LogP contribution in [-0.4, -0.2) is 30.7 Å². The van der Waals surface area contributed by atoms with E-state index in [1.165, 1.54) is 12.1 Å². The summed E-state index contributed by atoms with van der Waals surface area (Å²) in [5.41, 5.74) is 0.890. The number of halogens is 1. The first kappa shape index (κ1) is 16.8. The van der Waals surface area contributed by atoms with Crippen molar-refractivity contribution in [2.75, 3.05) is 26.1 Å². The molecule has 0 aliphatic heterocycles. The van der Waals surface area contributed by atoms with Crippen molar-refractivity contribution in [1.29, 1.82) is 0 Å². The lowest BCUT2D eigenvalue weighted by molar-refractivity contribution is -0.384. The highest BCUT2D eigenvalue weighted by molar-refractivity contribution is 6.29. The first-order chi connectivity index (χ1) is 11.0. The number of ether oxygens (including phenoxy) is 2. The van der Waals surface area contributed by atoms with E-state index < -0.39 is 4.92 Å². The van der Waals surface area contributed by atoms with Crippen LogP contribution in [0.15, 0.2) is 30.3 Å². The number of nitro groups is 1.